The van der Waals surface area contributed by atoms with Gasteiger partial charge in [0.05, 0.1) is 18.3 Å². The molecule has 3 aliphatic heterocycles. The van der Waals surface area contributed by atoms with Crippen molar-refractivity contribution in [2.45, 2.75) is 43.7 Å². The molecule has 0 N–H and O–H groups in total. The highest BCUT2D eigenvalue weighted by molar-refractivity contribution is 5.84. The van der Waals surface area contributed by atoms with E-state index >= 15 is 0 Å². The molecular formula is C8H10O3. The van der Waals surface area contributed by atoms with Crippen LogP contribution < -0.4 is 0 Å². The van der Waals surface area contributed by atoms with Crippen LogP contribution in [0, 0.1) is 0 Å². The van der Waals surface area contributed by atoms with E-state index in [2.05, 4.69) is 0 Å². The van der Waals surface area contributed by atoms with Gasteiger partial charge in [0.2, 0.25) is 0 Å². The molecule has 0 aromatic carbocycles. The second-order valence-corrected chi connectivity index (χ2v) is 3.60. The molecule has 0 aromatic heterocycles. The van der Waals surface area contributed by atoms with Crippen LogP contribution in [0.4, 0.5) is 0 Å². The highest BCUT2D eigenvalue weighted by Crippen LogP contribution is 2.39. The topological polar surface area (TPSA) is 35.5 Å². The van der Waals surface area contributed by atoms with Crippen LogP contribution in [0.15, 0.2) is 0 Å². The SMILES string of the molecule is O=C1C[C@H]2O[C@H]3C[C@@H]1O[C@@H]2C3. The number of carbonyl (C=O) groups excluding carboxylic acids is 1. The van der Waals surface area contributed by atoms with Crippen LogP contribution in [-0.2, 0) is 14.3 Å². The third-order valence-corrected chi connectivity index (χ3v) is 2.85. The molecule has 0 saturated carbocycles. The van der Waals surface area contributed by atoms with Crippen molar-refractivity contribution in [3.8, 4) is 0 Å². The maximum atomic E-state index is 11.2. The fraction of sp³-hybridized carbons (Fsp3) is 0.875. The Morgan fingerprint density at radius 3 is 3.00 bits per heavy atom. The van der Waals surface area contributed by atoms with Crippen LogP contribution in [0.2, 0.25) is 0 Å². The fourth-order valence-corrected chi connectivity index (χ4v) is 2.32. The quantitative estimate of drug-likeness (QED) is 0.502. The standard InChI is InChI=1S/C8H10O3/c9-5-3-8-7-2-4(10-8)1-6(5)11-7/h4,6-8H,1-3H2/t4-,6-,7+,8+/m0/s1. The van der Waals surface area contributed by atoms with Crippen molar-refractivity contribution in [2.24, 2.45) is 0 Å². The third-order valence-electron chi connectivity index (χ3n) is 2.85. The molecule has 3 rings (SSSR count). The minimum absolute atomic E-state index is 0.0891. The predicted molar refractivity (Wildman–Crippen MR) is 36.2 cm³/mol. The lowest BCUT2D eigenvalue weighted by atomic mass is 9.91. The number of hydrogen-bond donors (Lipinski definition) is 0. The lowest BCUT2D eigenvalue weighted by Crippen LogP contribution is -2.43. The summed E-state index contributed by atoms with van der Waals surface area (Å²) < 4.78 is 11.1. The monoisotopic (exact) mass is 154 g/mol. The zero-order valence-electron chi connectivity index (χ0n) is 6.16. The van der Waals surface area contributed by atoms with Gasteiger partial charge in [-0.15, -0.1) is 0 Å². The molecule has 3 saturated heterocycles. The first-order valence-corrected chi connectivity index (χ1v) is 4.16. The molecule has 0 amide bonds. The minimum Gasteiger partial charge on any atom is -0.372 e. The summed E-state index contributed by atoms with van der Waals surface area (Å²) in [6.45, 7) is 0. The Balaban J connectivity index is 1.98. The molecule has 3 nitrogen and oxygen atoms in total. The molecule has 4 atom stereocenters. The Labute approximate surface area is 64.7 Å². The van der Waals surface area contributed by atoms with Crippen molar-refractivity contribution < 1.29 is 14.3 Å². The van der Waals surface area contributed by atoms with Crippen molar-refractivity contribution in [2.75, 3.05) is 0 Å². The van der Waals surface area contributed by atoms with E-state index in [1.54, 1.807) is 0 Å². The molecule has 0 unspecified atom stereocenters. The first-order valence-electron chi connectivity index (χ1n) is 4.16. The molecule has 0 aromatic rings. The molecule has 0 aliphatic carbocycles. The van der Waals surface area contributed by atoms with Gasteiger partial charge in [-0.05, 0) is 0 Å². The maximum absolute atomic E-state index is 11.2. The number of Topliss-reactive ketones (excluding diaryl/α,β-unsaturated/α-hetero) is 1. The average molecular weight is 154 g/mol. The van der Waals surface area contributed by atoms with E-state index in [4.69, 9.17) is 9.47 Å². The molecule has 3 aliphatic rings. The fourth-order valence-electron chi connectivity index (χ4n) is 2.32. The van der Waals surface area contributed by atoms with E-state index in [1.807, 2.05) is 0 Å². The van der Waals surface area contributed by atoms with E-state index in [1.165, 1.54) is 0 Å². The summed E-state index contributed by atoms with van der Waals surface area (Å²) >= 11 is 0. The number of fused-ring (bicyclic) bond motifs is 2. The third kappa shape index (κ3) is 0.726. The Morgan fingerprint density at radius 1 is 1.18 bits per heavy atom. The van der Waals surface area contributed by atoms with Gasteiger partial charge in [-0.3, -0.25) is 4.79 Å². The van der Waals surface area contributed by atoms with Crippen LogP contribution in [0.1, 0.15) is 19.3 Å². The second-order valence-electron chi connectivity index (χ2n) is 3.60. The highest BCUT2D eigenvalue weighted by atomic mass is 16.6. The molecule has 0 spiro atoms. The van der Waals surface area contributed by atoms with Crippen LogP contribution in [0.5, 0.6) is 0 Å². The van der Waals surface area contributed by atoms with Gasteiger partial charge >= 0.3 is 0 Å². The van der Waals surface area contributed by atoms with Crippen molar-refractivity contribution in [1.82, 2.24) is 0 Å². The Morgan fingerprint density at radius 2 is 2.09 bits per heavy atom. The summed E-state index contributed by atoms with van der Waals surface area (Å²) in [7, 11) is 0. The molecule has 3 heteroatoms. The van der Waals surface area contributed by atoms with Gasteiger partial charge in [0, 0.05) is 19.3 Å². The summed E-state index contributed by atoms with van der Waals surface area (Å²) in [5.41, 5.74) is 0. The van der Waals surface area contributed by atoms with Crippen LogP contribution in [0.25, 0.3) is 0 Å². The van der Waals surface area contributed by atoms with Crippen LogP contribution in [0.3, 0.4) is 0 Å². The Kier molecular flexibility index (Phi) is 1.03. The normalized spacial score (nSPS) is 53.6. The molecule has 60 valence electrons. The number of rotatable bonds is 0. The van der Waals surface area contributed by atoms with Gasteiger partial charge in [-0.1, -0.05) is 0 Å². The molecule has 3 heterocycles. The molecule has 0 radical (unpaired) electrons. The zero-order valence-corrected chi connectivity index (χ0v) is 6.16. The van der Waals surface area contributed by atoms with Gasteiger partial charge in [-0.25, -0.2) is 0 Å². The Hall–Kier alpha value is -0.410. The van der Waals surface area contributed by atoms with Crippen molar-refractivity contribution >= 4 is 5.78 Å². The Bertz CT molecular complexity index is 211. The molecule has 11 heavy (non-hydrogen) atoms. The van der Waals surface area contributed by atoms with Gasteiger partial charge in [0.15, 0.2) is 5.78 Å². The first-order chi connectivity index (χ1) is 5.33. The lowest BCUT2D eigenvalue weighted by Gasteiger charge is -2.30. The largest absolute Gasteiger partial charge is 0.372 e. The number of ketones is 1. The van der Waals surface area contributed by atoms with Gasteiger partial charge < -0.3 is 9.47 Å². The van der Waals surface area contributed by atoms with E-state index in [9.17, 15) is 4.79 Å². The lowest BCUT2D eigenvalue weighted by molar-refractivity contribution is -0.147. The smallest absolute Gasteiger partial charge is 0.164 e. The summed E-state index contributed by atoms with van der Waals surface area (Å²) in [6, 6.07) is 0. The number of ether oxygens (including phenoxy) is 2. The molecule has 3 bridgehead atoms. The van der Waals surface area contributed by atoms with Crippen LogP contribution >= 0.6 is 0 Å². The molecular weight excluding hydrogens is 144 g/mol. The van der Waals surface area contributed by atoms with Gasteiger partial charge in [0.25, 0.3) is 0 Å². The van der Waals surface area contributed by atoms with E-state index in [-0.39, 0.29) is 24.1 Å². The van der Waals surface area contributed by atoms with Gasteiger partial charge in [-0.2, -0.15) is 0 Å². The van der Waals surface area contributed by atoms with Gasteiger partial charge in [0.1, 0.15) is 6.10 Å². The van der Waals surface area contributed by atoms with E-state index in [0.717, 1.165) is 12.8 Å². The summed E-state index contributed by atoms with van der Waals surface area (Å²) in [5, 5.41) is 0. The van der Waals surface area contributed by atoms with E-state index in [0.29, 0.717) is 12.5 Å². The maximum Gasteiger partial charge on any atom is 0.164 e. The van der Waals surface area contributed by atoms with E-state index < -0.39 is 0 Å². The summed E-state index contributed by atoms with van der Waals surface area (Å²) in [6.07, 6.45) is 2.90. The van der Waals surface area contributed by atoms with Crippen LogP contribution in [-0.4, -0.2) is 30.2 Å². The minimum atomic E-state index is -0.127. The second kappa shape index (κ2) is 1.84. The van der Waals surface area contributed by atoms with Crippen molar-refractivity contribution in [3.05, 3.63) is 0 Å². The predicted octanol–water partition coefficient (Wildman–Crippen LogP) is 0.274. The molecule has 3 fully saturated rings. The van der Waals surface area contributed by atoms with Crippen molar-refractivity contribution in [3.63, 3.8) is 0 Å². The zero-order chi connectivity index (χ0) is 7.42. The summed E-state index contributed by atoms with van der Waals surface area (Å²) in [4.78, 5) is 11.2. The highest BCUT2D eigenvalue weighted by Gasteiger charge is 2.49. The summed E-state index contributed by atoms with van der Waals surface area (Å²) in [5.74, 6) is 0.244. The number of hydrogen-bond acceptors (Lipinski definition) is 3. The van der Waals surface area contributed by atoms with Crippen molar-refractivity contribution in [1.29, 1.82) is 0 Å². The average Bonchev–Trinajstić information content (AvgIpc) is 2.19. The first kappa shape index (κ1) is 6.14. The number of carbonyl (C=O) groups is 1.